The van der Waals surface area contributed by atoms with Crippen LogP contribution in [-0.2, 0) is 16.6 Å². The van der Waals surface area contributed by atoms with Crippen LogP contribution in [0.2, 0.25) is 0 Å². The van der Waals surface area contributed by atoms with Crippen molar-refractivity contribution < 1.29 is 13.2 Å². The van der Waals surface area contributed by atoms with E-state index in [1.165, 1.54) is 12.1 Å². The second kappa shape index (κ2) is 8.74. The van der Waals surface area contributed by atoms with E-state index in [0.29, 0.717) is 24.0 Å². The van der Waals surface area contributed by atoms with Crippen LogP contribution >= 0.6 is 0 Å². The van der Waals surface area contributed by atoms with Crippen LogP contribution in [0.1, 0.15) is 25.6 Å². The number of nitrogens with one attached hydrogen (secondary N) is 2. The molecule has 8 nitrogen and oxygen atoms in total. The molecule has 9 heteroatoms. The van der Waals surface area contributed by atoms with Gasteiger partial charge >= 0.3 is 0 Å². The van der Waals surface area contributed by atoms with Gasteiger partial charge in [-0.2, -0.15) is 5.10 Å². The van der Waals surface area contributed by atoms with E-state index in [1.807, 2.05) is 0 Å². The number of H-pyrrole nitrogens is 1. The average Bonchev–Trinajstić information content (AvgIpc) is 3.17. The van der Waals surface area contributed by atoms with Crippen molar-refractivity contribution in [1.29, 1.82) is 0 Å². The number of unbranched alkanes of at least 4 members (excludes halogenated alkanes) is 1. The Kier molecular flexibility index (Phi) is 6.15. The van der Waals surface area contributed by atoms with Crippen LogP contribution in [0.15, 0.2) is 53.7 Å². The number of nitrogens with zero attached hydrogens (tertiary/aromatic N) is 3. The predicted octanol–water partition coefficient (Wildman–Crippen LogP) is 2.52. The molecule has 27 heavy (non-hydrogen) atoms. The highest BCUT2D eigenvalue weighted by molar-refractivity contribution is 7.89. The van der Waals surface area contributed by atoms with E-state index in [1.54, 1.807) is 36.7 Å². The standard InChI is InChI=1S/C18H21N5O3S/c1-2-3-12-26-15-4-6-16(7-5-15)27(24,25)20-13-17-21-18(23-22-17)14-8-10-19-11-9-14/h4-11,20H,2-3,12-13H2,1H3,(H,21,22,23). The molecule has 0 saturated carbocycles. The molecule has 0 aliphatic carbocycles. The molecule has 0 aliphatic heterocycles. The number of ether oxygens (including phenoxy) is 1. The largest absolute Gasteiger partial charge is 0.494 e. The zero-order valence-electron chi connectivity index (χ0n) is 14.9. The number of benzene rings is 1. The first-order valence-corrected chi connectivity index (χ1v) is 10.1. The number of rotatable bonds is 9. The van der Waals surface area contributed by atoms with Gasteiger partial charge in [0.25, 0.3) is 0 Å². The van der Waals surface area contributed by atoms with E-state index < -0.39 is 10.0 Å². The number of pyridine rings is 1. The molecule has 0 aliphatic rings. The lowest BCUT2D eigenvalue weighted by molar-refractivity contribution is 0.309. The molecule has 0 spiro atoms. The second-order valence-corrected chi connectivity index (χ2v) is 7.61. The van der Waals surface area contributed by atoms with E-state index in [4.69, 9.17) is 4.74 Å². The number of hydrogen-bond acceptors (Lipinski definition) is 6. The average molecular weight is 387 g/mol. The molecule has 0 saturated heterocycles. The summed E-state index contributed by atoms with van der Waals surface area (Å²) in [6.07, 6.45) is 5.29. The molecule has 2 heterocycles. The Morgan fingerprint density at radius 3 is 2.56 bits per heavy atom. The summed E-state index contributed by atoms with van der Waals surface area (Å²) in [5.74, 6) is 1.56. The third-order valence-electron chi connectivity index (χ3n) is 3.80. The Bertz CT molecular complexity index is 956. The molecule has 0 fully saturated rings. The lowest BCUT2D eigenvalue weighted by Crippen LogP contribution is -2.23. The molecule has 0 radical (unpaired) electrons. The van der Waals surface area contributed by atoms with Crippen LogP contribution < -0.4 is 9.46 Å². The Morgan fingerprint density at radius 1 is 1.11 bits per heavy atom. The predicted molar refractivity (Wildman–Crippen MR) is 100 cm³/mol. The van der Waals surface area contributed by atoms with Crippen LogP contribution in [0.5, 0.6) is 5.75 Å². The van der Waals surface area contributed by atoms with Crippen molar-refractivity contribution in [2.75, 3.05) is 6.61 Å². The maximum atomic E-state index is 12.4. The summed E-state index contributed by atoms with van der Waals surface area (Å²) in [5.41, 5.74) is 0.800. The van der Waals surface area contributed by atoms with Gasteiger partial charge in [-0.3, -0.25) is 10.1 Å². The molecule has 0 amide bonds. The zero-order valence-corrected chi connectivity index (χ0v) is 15.7. The molecule has 142 valence electrons. The molecule has 1 aromatic carbocycles. The molecule has 0 atom stereocenters. The van der Waals surface area contributed by atoms with E-state index >= 15 is 0 Å². The van der Waals surface area contributed by atoms with Gasteiger partial charge in [0.05, 0.1) is 18.0 Å². The topological polar surface area (TPSA) is 110 Å². The molecule has 0 bridgehead atoms. The van der Waals surface area contributed by atoms with Crippen LogP contribution in [0.25, 0.3) is 11.4 Å². The molecule has 0 unspecified atom stereocenters. The molecular formula is C18H21N5O3S. The summed E-state index contributed by atoms with van der Waals surface area (Å²) in [6, 6.07) is 9.90. The van der Waals surface area contributed by atoms with Crippen molar-refractivity contribution in [2.24, 2.45) is 0 Å². The minimum Gasteiger partial charge on any atom is -0.494 e. The third-order valence-corrected chi connectivity index (χ3v) is 5.22. The number of aromatic nitrogens is 4. The number of sulfonamides is 1. The number of aromatic amines is 1. The van der Waals surface area contributed by atoms with Gasteiger partial charge in [0.15, 0.2) is 5.82 Å². The van der Waals surface area contributed by atoms with Crippen molar-refractivity contribution in [3.05, 3.63) is 54.6 Å². The molecule has 2 aromatic heterocycles. The maximum absolute atomic E-state index is 12.4. The van der Waals surface area contributed by atoms with Gasteiger partial charge in [-0.15, -0.1) is 0 Å². The number of hydrogen-bond donors (Lipinski definition) is 2. The van der Waals surface area contributed by atoms with E-state index in [9.17, 15) is 8.42 Å². The summed E-state index contributed by atoms with van der Waals surface area (Å²) < 4.78 is 32.9. The fourth-order valence-corrected chi connectivity index (χ4v) is 3.29. The Hall–Kier alpha value is -2.78. The highest BCUT2D eigenvalue weighted by atomic mass is 32.2. The van der Waals surface area contributed by atoms with Gasteiger partial charge in [-0.25, -0.2) is 18.1 Å². The zero-order chi connectivity index (χ0) is 19.1. The molecular weight excluding hydrogens is 366 g/mol. The fraction of sp³-hybridized carbons (Fsp3) is 0.278. The van der Waals surface area contributed by atoms with Crippen molar-refractivity contribution in [3.63, 3.8) is 0 Å². The first-order valence-electron chi connectivity index (χ1n) is 8.62. The first-order chi connectivity index (χ1) is 13.1. The third kappa shape index (κ3) is 5.11. The molecule has 3 rings (SSSR count). The van der Waals surface area contributed by atoms with Crippen molar-refractivity contribution >= 4 is 10.0 Å². The smallest absolute Gasteiger partial charge is 0.240 e. The lowest BCUT2D eigenvalue weighted by Gasteiger charge is -2.08. The summed E-state index contributed by atoms with van der Waals surface area (Å²) in [6.45, 7) is 2.71. The van der Waals surface area contributed by atoms with Gasteiger partial charge in [0.1, 0.15) is 11.6 Å². The Balaban J connectivity index is 1.61. The normalized spacial score (nSPS) is 11.4. The Labute approximate surface area is 158 Å². The van der Waals surface area contributed by atoms with Gasteiger partial charge in [-0.05, 0) is 42.8 Å². The maximum Gasteiger partial charge on any atom is 0.240 e. The van der Waals surface area contributed by atoms with Crippen LogP contribution in [0.3, 0.4) is 0 Å². The first kappa shape index (κ1) is 19.0. The van der Waals surface area contributed by atoms with E-state index in [2.05, 4.69) is 31.8 Å². The van der Waals surface area contributed by atoms with Gasteiger partial charge < -0.3 is 4.74 Å². The van der Waals surface area contributed by atoms with Crippen LogP contribution in [-0.4, -0.2) is 35.2 Å². The van der Waals surface area contributed by atoms with Gasteiger partial charge in [0.2, 0.25) is 10.0 Å². The molecule has 2 N–H and O–H groups in total. The molecule has 3 aromatic rings. The second-order valence-electron chi connectivity index (χ2n) is 5.84. The van der Waals surface area contributed by atoms with E-state index in [-0.39, 0.29) is 11.4 Å². The monoisotopic (exact) mass is 387 g/mol. The van der Waals surface area contributed by atoms with Crippen LogP contribution in [0.4, 0.5) is 0 Å². The minimum atomic E-state index is -3.66. The van der Waals surface area contributed by atoms with Crippen LogP contribution in [0, 0.1) is 0 Å². The highest BCUT2D eigenvalue weighted by Gasteiger charge is 2.15. The summed E-state index contributed by atoms with van der Waals surface area (Å²) in [7, 11) is -3.66. The SMILES string of the molecule is CCCCOc1ccc(S(=O)(=O)NCc2nc(-c3ccncc3)n[nH]2)cc1. The van der Waals surface area contributed by atoms with Crippen molar-refractivity contribution in [2.45, 2.75) is 31.2 Å². The van der Waals surface area contributed by atoms with Gasteiger partial charge in [0, 0.05) is 18.0 Å². The highest BCUT2D eigenvalue weighted by Crippen LogP contribution is 2.17. The Morgan fingerprint density at radius 2 is 1.85 bits per heavy atom. The summed E-state index contributed by atoms with van der Waals surface area (Å²) in [5, 5.41) is 6.83. The fourth-order valence-electron chi connectivity index (χ4n) is 2.30. The quantitative estimate of drug-likeness (QED) is 0.546. The van der Waals surface area contributed by atoms with Crippen molar-refractivity contribution in [3.8, 4) is 17.1 Å². The minimum absolute atomic E-state index is 0.00910. The van der Waals surface area contributed by atoms with Gasteiger partial charge in [-0.1, -0.05) is 13.3 Å². The lowest BCUT2D eigenvalue weighted by atomic mass is 10.2. The van der Waals surface area contributed by atoms with E-state index in [0.717, 1.165) is 18.4 Å². The summed E-state index contributed by atoms with van der Waals surface area (Å²) in [4.78, 5) is 8.40. The summed E-state index contributed by atoms with van der Waals surface area (Å²) >= 11 is 0. The van der Waals surface area contributed by atoms with Crippen molar-refractivity contribution in [1.82, 2.24) is 24.9 Å².